The van der Waals surface area contributed by atoms with Crippen molar-refractivity contribution in [1.82, 2.24) is 15.1 Å². The number of aromatic nitrogens is 2. The number of terminal acetylenes is 1. The minimum Gasteiger partial charge on any atom is -0.310 e. The van der Waals surface area contributed by atoms with Crippen molar-refractivity contribution in [3.8, 4) is 12.3 Å². The molecule has 0 unspecified atom stereocenters. The molecule has 0 saturated carbocycles. The summed E-state index contributed by atoms with van der Waals surface area (Å²) >= 11 is 0. The fourth-order valence-corrected chi connectivity index (χ4v) is 0.932. The highest BCUT2D eigenvalue weighted by molar-refractivity contribution is 5.91. The molecule has 2 N–H and O–H groups in total. The zero-order valence-corrected chi connectivity index (χ0v) is 7.95. The van der Waals surface area contributed by atoms with Crippen molar-refractivity contribution in [2.45, 2.75) is 0 Å². The third-order valence-electron chi connectivity index (χ3n) is 1.60. The lowest BCUT2D eigenvalue weighted by Crippen LogP contribution is -2.28. The number of aryl methyl sites for hydroxylation is 1. The first-order chi connectivity index (χ1) is 6.74. The topological polar surface area (TPSA) is 59.0 Å². The highest BCUT2D eigenvalue weighted by Crippen LogP contribution is 2.01. The quantitative estimate of drug-likeness (QED) is 0.503. The number of rotatable bonds is 4. The number of amides is 1. The van der Waals surface area contributed by atoms with E-state index in [0.717, 1.165) is 0 Å². The van der Waals surface area contributed by atoms with Crippen LogP contribution < -0.4 is 10.6 Å². The molecule has 1 rings (SSSR count). The lowest BCUT2D eigenvalue weighted by molar-refractivity contribution is -0.115. The van der Waals surface area contributed by atoms with E-state index in [9.17, 15) is 4.79 Å². The van der Waals surface area contributed by atoms with E-state index in [2.05, 4.69) is 21.7 Å². The summed E-state index contributed by atoms with van der Waals surface area (Å²) in [4.78, 5) is 11.3. The van der Waals surface area contributed by atoms with Crippen LogP contribution in [0.1, 0.15) is 0 Å². The second-order valence-corrected chi connectivity index (χ2v) is 2.70. The van der Waals surface area contributed by atoms with Crippen molar-refractivity contribution >= 4 is 11.7 Å². The fourth-order valence-electron chi connectivity index (χ4n) is 0.932. The summed E-state index contributed by atoms with van der Waals surface area (Å²) in [5.74, 6) is 2.91. The van der Waals surface area contributed by atoms with Gasteiger partial charge in [0.1, 0.15) is 5.82 Å². The van der Waals surface area contributed by atoms with Crippen LogP contribution in [-0.4, -0.2) is 28.8 Å². The number of nitrogens with one attached hydrogen (secondary N) is 2. The lowest BCUT2D eigenvalue weighted by Gasteiger charge is -2.04. The SMILES string of the molecule is C#CCNCC(=O)Nc1ccnn1C. The van der Waals surface area contributed by atoms with E-state index in [1.807, 2.05) is 0 Å². The van der Waals surface area contributed by atoms with Gasteiger partial charge in [-0.1, -0.05) is 5.92 Å². The fraction of sp³-hybridized carbons (Fsp3) is 0.333. The summed E-state index contributed by atoms with van der Waals surface area (Å²) in [5.41, 5.74) is 0. The van der Waals surface area contributed by atoms with Crippen LogP contribution in [0.4, 0.5) is 5.82 Å². The molecule has 14 heavy (non-hydrogen) atoms. The Morgan fingerprint density at radius 2 is 2.57 bits per heavy atom. The third-order valence-corrected chi connectivity index (χ3v) is 1.60. The molecule has 0 saturated heterocycles. The van der Waals surface area contributed by atoms with Crippen molar-refractivity contribution in [3.63, 3.8) is 0 Å². The van der Waals surface area contributed by atoms with Crippen molar-refractivity contribution in [2.75, 3.05) is 18.4 Å². The smallest absolute Gasteiger partial charge is 0.239 e. The van der Waals surface area contributed by atoms with Crippen molar-refractivity contribution < 1.29 is 4.79 Å². The van der Waals surface area contributed by atoms with E-state index in [0.29, 0.717) is 12.4 Å². The second kappa shape index (κ2) is 5.04. The van der Waals surface area contributed by atoms with Gasteiger partial charge in [-0.15, -0.1) is 6.42 Å². The molecular weight excluding hydrogens is 180 g/mol. The average Bonchev–Trinajstić information content (AvgIpc) is 2.52. The van der Waals surface area contributed by atoms with Crippen LogP contribution in [-0.2, 0) is 11.8 Å². The van der Waals surface area contributed by atoms with Crippen LogP contribution >= 0.6 is 0 Å². The molecule has 0 fully saturated rings. The second-order valence-electron chi connectivity index (χ2n) is 2.70. The monoisotopic (exact) mass is 192 g/mol. The zero-order chi connectivity index (χ0) is 10.4. The number of hydrogen-bond acceptors (Lipinski definition) is 3. The first-order valence-electron chi connectivity index (χ1n) is 4.16. The van der Waals surface area contributed by atoms with Crippen LogP contribution in [0.5, 0.6) is 0 Å². The molecule has 1 aromatic rings. The van der Waals surface area contributed by atoms with E-state index < -0.39 is 0 Å². The van der Waals surface area contributed by atoms with Gasteiger partial charge in [0.15, 0.2) is 0 Å². The Hall–Kier alpha value is -1.80. The Morgan fingerprint density at radius 1 is 1.79 bits per heavy atom. The van der Waals surface area contributed by atoms with Gasteiger partial charge in [-0.2, -0.15) is 5.10 Å². The number of anilines is 1. The normalized spacial score (nSPS) is 9.43. The molecule has 0 radical (unpaired) electrons. The Morgan fingerprint density at radius 3 is 3.14 bits per heavy atom. The zero-order valence-electron chi connectivity index (χ0n) is 7.95. The Bertz CT molecular complexity index is 350. The van der Waals surface area contributed by atoms with Crippen molar-refractivity contribution in [2.24, 2.45) is 7.05 Å². The van der Waals surface area contributed by atoms with E-state index in [1.54, 1.807) is 24.0 Å². The first kappa shape index (κ1) is 10.3. The van der Waals surface area contributed by atoms with Crippen LogP contribution in [0, 0.1) is 12.3 Å². The van der Waals surface area contributed by atoms with Crippen LogP contribution in [0.2, 0.25) is 0 Å². The molecule has 5 nitrogen and oxygen atoms in total. The van der Waals surface area contributed by atoms with Gasteiger partial charge in [0, 0.05) is 13.1 Å². The molecular formula is C9H12N4O. The maximum absolute atomic E-state index is 11.3. The van der Waals surface area contributed by atoms with Gasteiger partial charge < -0.3 is 5.32 Å². The minimum absolute atomic E-state index is 0.135. The summed E-state index contributed by atoms with van der Waals surface area (Å²) in [6, 6.07) is 1.72. The number of nitrogens with zero attached hydrogens (tertiary/aromatic N) is 2. The van der Waals surface area contributed by atoms with Crippen molar-refractivity contribution in [1.29, 1.82) is 0 Å². The van der Waals surface area contributed by atoms with Crippen LogP contribution in [0.15, 0.2) is 12.3 Å². The lowest BCUT2D eigenvalue weighted by atomic mass is 10.5. The molecule has 74 valence electrons. The van der Waals surface area contributed by atoms with E-state index >= 15 is 0 Å². The van der Waals surface area contributed by atoms with Crippen molar-refractivity contribution in [3.05, 3.63) is 12.3 Å². The van der Waals surface area contributed by atoms with Crippen LogP contribution in [0.3, 0.4) is 0 Å². The molecule has 0 aliphatic heterocycles. The van der Waals surface area contributed by atoms with Gasteiger partial charge in [-0.3, -0.25) is 14.8 Å². The Labute approximate surface area is 82.5 Å². The largest absolute Gasteiger partial charge is 0.310 e. The molecule has 0 atom stereocenters. The minimum atomic E-state index is -0.135. The molecule has 1 aromatic heterocycles. The van der Waals surface area contributed by atoms with Gasteiger partial charge in [-0.25, -0.2) is 0 Å². The van der Waals surface area contributed by atoms with E-state index in [1.165, 1.54) is 0 Å². The number of hydrogen-bond donors (Lipinski definition) is 2. The molecule has 1 amide bonds. The number of carbonyl (C=O) groups is 1. The molecule has 0 spiro atoms. The molecule has 1 heterocycles. The summed E-state index contributed by atoms with van der Waals surface area (Å²) in [5, 5.41) is 9.38. The van der Waals surface area contributed by atoms with Gasteiger partial charge >= 0.3 is 0 Å². The van der Waals surface area contributed by atoms with E-state index in [-0.39, 0.29) is 12.5 Å². The third kappa shape index (κ3) is 2.92. The Balaban J connectivity index is 2.35. The highest BCUT2D eigenvalue weighted by atomic mass is 16.2. The van der Waals surface area contributed by atoms with Gasteiger partial charge in [0.05, 0.1) is 19.3 Å². The maximum atomic E-state index is 11.3. The molecule has 0 aliphatic rings. The highest BCUT2D eigenvalue weighted by Gasteiger charge is 2.03. The molecule has 0 aromatic carbocycles. The summed E-state index contributed by atoms with van der Waals surface area (Å²) < 4.78 is 1.58. The van der Waals surface area contributed by atoms with Gasteiger partial charge in [0.25, 0.3) is 0 Å². The summed E-state index contributed by atoms with van der Waals surface area (Å²) in [6.07, 6.45) is 6.63. The summed E-state index contributed by atoms with van der Waals surface area (Å²) in [6.45, 7) is 0.591. The average molecular weight is 192 g/mol. The Kier molecular flexibility index (Phi) is 3.70. The van der Waals surface area contributed by atoms with Crippen LogP contribution in [0.25, 0.3) is 0 Å². The first-order valence-corrected chi connectivity index (χ1v) is 4.16. The van der Waals surface area contributed by atoms with Gasteiger partial charge in [0.2, 0.25) is 5.91 Å². The van der Waals surface area contributed by atoms with Gasteiger partial charge in [-0.05, 0) is 0 Å². The summed E-state index contributed by atoms with van der Waals surface area (Å²) in [7, 11) is 1.75. The standard InChI is InChI=1S/C9H12N4O/c1-3-5-10-7-9(14)12-8-4-6-11-13(8)2/h1,4,6,10H,5,7H2,2H3,(H,12,14). The predicted octanol–water partition coefficient (Wildman–Crippen LogP) is -0.419. The molecule has 0 bridgehead atoms. The predicted molar refractivity (Wildman–Crippen MR) is 53.5 cm³/mol. The number of carbonyl (C=O) groups excluding carboxylic acids is 1. The molecule has 0 aliphatic carbocycles. The van der Waals surface area contributed by atoms with E-state index in [4.69, 9.17) is 6.42 Å². The molecule has 5 heteroatoms. The maximum Gasteiger partial charge on any atom is 0.239 e.